The van der Waals surface area contributed by atoms with Crippen LogP contribution in [0, 0.1) is 5.41 Å². The van der Waals surface area contributed by atoms with Crippen molar-refractivity contribution in [3.05, 3.63) is 75.3 Å². The maximum atomic E-state index is 13.9. The van der Waals surface area contributed by atoms with E-state index in [-0.39, 0.29) is 28.8 Å². The number of carbonyl (C=O) groups excluding carboxylic acids is 1. The van der Waals surface area contributed by atoms with Crippen molar-refractivity contribution in [2.75, 3.05) is 19.8 Å². The molecule has 0 radical (unpaired) electrons. The second-order valence-corrected chi connectivity index (χ2v) is 11.0. The molecule has 45 heavy (non-hydrogen) atoms. The van der Waals surface area contributed by atoms with Crippen molar-refractivity contribution in [1.29, 1.82) is 0 Å². The fraction of sp³-hybridized carbons (Fsp3) is 0.385. The average molecular weight is 661 g/mol. The van der Waals surface area contributed by atoms with Crippen molar-refractivity contribution in [1.82, 2.24) is 39.4 Å². The Morgan fingerprint density at radius 1 is 1.13 bits per heavy atom. The largest absolute Gasteiger partial charge is 0.420 e. The van der Waals surface area contributed by atoms with Gasteiger partial charge in [-0.2, -0.15) is 31.0 Å². The molecule has 0 unspecified atom stereocenters. The highest BCUT2D eigenvalue weighted by atomic mass is 35.5. The van der Waals surface area contributed by atoms with E-state index >= 15 is 0 Å². The van der Waals surface area contributed by atoms with Crippen LogP contribution in [-0.4, -0.2) is 77.1 Å². The Hall–Kier alpha value is -4.29. The van der Waals surface area contributed by atoms with Gasteiger partial charge in [0, 0.05) is 28.7 Å². The number of rotatable bonds is 9. The number of carbonyl (C=O) groups is 1. The van der Waals surface area contributed by atoms with Crippen LogP contribution >= 0.6 is 11.6 Å². The number of benzene rings is 1. The Bertz CT molecular complexity index is 1760. The third-order valence-electron chi connectivity index (χ3n) is 6.77. The second kappa shape index (κ2) is 11.9. The fourth-order valence-corrected chi connectivity index (χ4v) is 4.49. The first-order chi connectivity index (χ1) is 21.1. The van der Waals surface area contributed by atoms with E-state index in [1.54, 1.807) is 0 Å². The summed E-state index contributed by atoms with van der Waals surface area (Å²) in [7, 11) is 0. The number of aliphatic hydroxyl groups is 1. The molecular weight excluding hydrogens is 638 g/mol. The molecule has 0 spiro atoms. The minimum Gasteiger partial charge on any atom is -0.382 e. The highest BCUT2D eigenvalue weighted by Gasteiger charge is 2.40. The molecule has 19 heteroatoms. The third-order valence-corrected chi connectivity index (χ3v) is 7.03. The molecule has 1 amide bonds. The zero-order valence-electron chi connectivity index (χ0n) is 23.1. The maximum Gasteiger partial charge on any atom is 0.420 e. The fourth-order valence-electron chi connectivity index (χ4n) is 4.36. The number of nitrogens with one attached hydrogen (secondary N) is 1. The summed E-state index contributed by atoms with van der Waals surface area (Å²) in [6.07, 6.45) is -11.8. The number of alkyl halides is 6. The minimum absolute atomic E-state index is 0.0955. The molecule has 4 heterocycles. The number of nitrogens with zero attached hydrogens (tertiary/aromatic N) is 7. The van der Waals surface area contributed by atoms with Crippen molar-refractivity contribution in [3.8, 4) is 17.2 Å². The lowest BCUT2D eigenvalue weighted by Gasteiger charge is -2.37. The van der Waals surface area contributed by atoms with Crippen molar-refractivity contribution in [2.45, 2.75) is 38.5 Å². The summed E-state index contributed by atoms with van der Waals surface area (Å²) in [5.41, 5.74) is -2.61. The number of pyridine rings is 1. The highest BCUT2D eigenvalue weighted by Crippen LogP contribution is 2.33. The van der Waals surface area contributed by atoms with E-state index in [9.17, 15) is 41.0 Å². The summed E-state index contributed by atoms with van der Waals surface area (Å²) in [4.78, 5) is 34.3. The van der Waals surface area contributed by atoms with Crippen LogP contribution in [0.25, 0.3) is 17.2 Å². The topological polar surface area (TPSA) is 142 Å². The van der Waals surface area contributed by atoms with E-state index in [1.807, 2.05) is 6.92 Å². The smallest absolute Gasteiger partial charge is 0.382 e. The SMILES string of the molecule is CC1(CNC(=O)c2nc(Cn3nc(-c4ccc(Cl)cc4)n(C[C@H](O)C(F)(F)F)c3=O)nn2-c2ncccc2C(F)(F)F)COC1. The van der Waals surface area contributed by atoms with Crippen molar-refractivity contribution < 1.29 is 41.0 Å². The number of halogens is 7. The Balaban J connectivity index is 1.57. The summed E-state index contributed by atoms with van der Waals surface area (Å²) in [6, 6.07) is 7.35. The van der Waals surface area contributed by atoms with E-state index in [0.29, 0.717) is 27.1 Å². The van der Waals surface area contributed by atoms with Gasteiger partial charge in [-0.05, 0) is 36.4 Å². The average Bonchev–Trinajstić information content (AvgIpc) is 3.51. The lowest BCUT2D eigenvalue weighted by atomic mass is 9.89. The Morgan fingerprint density at radius 3 is 2.42 bits per heavy atom. The molecule has 0 bridgehead atoms. The van der Waals surface area contributed by atoms with E-state index in [2.05, 4.69) is 25.5 Å². The first-order valence-corrected chi connectivity index (χ1v) is 13.5. The van der Waals surface area contributed by atoms with Crippen LogP contribution in [0.4, 0.5) is 26.3 Å². The molecule has 240 valence electrons. The summed E-state index contributed by atoms with van der Waals surface area (Å²) < 4.78 is 88.2. The lowest BCUT2D eigenvalue weighted by molar-refractivity contribution is -0.207. The molecule has 1 aliphatic heterocycles. The molecule has 4 aromatic rings. The molecule has 0 aliphatic carbocycles. The van der Waals surface area contributed by atoms with Crippen LogP contribution in [0.5, 0.6) is 0 Å². The zero-order chi connectivity index (χ0) is 32.7. The minimum atomic E-state index is -5.07. The number of hydrogen-bond acceptors (Lipinski definition) is 8. The Kier molecular flexibility index (Phi) is 8.49. The predicted octanol–water partition coefficient (Wildman–Crippen LogP) is 3.10. The highest BCUT2D eigenvalue weighted by molar-refractivity contribution is 6.30. The number of aromatic nitrogens is 7. The van der Waals surface area contributed by atoms with Gasteiger partial charge in [-0.1, -0.05) is 18.5 Å². The van der Waals surface area contributed by atoms with Crippen molar-refractivity contribution >= 4 is 17.5 Å². The molecule has 5 rings (SSSR count). The molecule has 2 N–H and O–H groups in total. The Labute approximate surface area is 254 Å². The number of amides is 1. The van der Waals surface area contributed by atoms with Gasteiger partial charge in [0.05, 0.1) is 19.8 Å². The van der Waals surface area contributed by atoms with Crippen molar-refractivity contribution in [2.24, 2.45) is 5.41 Å². The van der Waals surface area contributed by atoms with Gasteiger partial charge in [-0.25, -0.2) is 19.4 Å². The van der Waals surface area contributed by atoms with Crippen LogP contribution in [0.1, 0.15) is 28.9 Å². The van der Waals surface area contributed by atoms with Gasteiger partial charge in [0.25, 0.3) is 5.91 Å². The summed E-state index contributed by atoms with van der Waals surface area (Å²) >= 11 is 5.90. The van der Waals surface area contributed by atoms with E-state index in [4.69, 9.17) is 16.3 Å². The monoisotopic (exact) mass is 660 g/mol. The number of aliphatic hydroxyl groups excluding tert-OH is 1. The van der Waals surface area contributed by atoms with E-state index in [1.165, 1.54) is 24.3 Å². The van der Waals surface area contributed by atoms with E-state index in [0.717, 1.165) is 18.3 Å². The third kappa shape index (κ3) is 6.86. The standard InChI is InChI=1S/C26H23ClF6N8O4/c1-24(12-45-13-24)11-35-22(43)21-36-18(37-41(21)20-16(25(28,29)30)3-2-8-34-20)10-40-23(44)39(9-17(42)26(31,32)33)19(38-40)14-4-6-15(27)7-5-14/h2-8,17,42H,9-13H2,1H3,(H,35,43)/t17-/m0/s1. The number of hydrogen-bond donors (Lipinski definition) is 2. The predicted molar refractivity (Wildman–Crippen MR) is 144 cm³/mol. The van der Waals surface area contributed by atoms with Crippen molar-refractivity contribution in [3.63, 3.8) is 0 Å². The molecule has 1 aromatic carbocycles. The molecule has 1 atom stereocenters. The van der Waals surface area contributed by atoms with Gasteiger partial charge in [-0.3, -0.25) is 9.36 Å². The van der Waals surface area contributed by atoms with Gasteiger partial charge >= 0.3 is 18.0 Å². The maximum absolute atomic E-state index is 13.9. The molecule has 1 fully saturated rings. The molecular formula is C26H23ClF6N8O4. The molecule has 12 nitrogen and oxygen atoms in total. The Morgan fingerprint density at radius 2 is 1.82 bits per heavy atom. The second-order valence-electron chi connectivity index (χ2n) is 10.6. The summed E-state index contributed by atoms with van der Waals surface area (Å²) in [5, 5.41) is 20.7. The van der Waals surface area contributed by atoms with Crippen LogP contribution in [-0.2, 0) is 24.0 Å². The van der Waals surface area contributed by atoms with Crippen LogP contribution < -0.4 is 11.0 Å². The van der Waals surface area contributed by atoms with Gasteiger partial charge in [0.2, 0.25) is 5.82 Å². The van der Waals surface area contributed by atoms with Gasteiger partial charge in [-0.15, -0.1) is 10.2 Å². The first kappa shape index (κ1) is 32.1. The van der Waals surface area contributed by atoms with E-state index < -0.39 is 65.8 Å². The lowest BCUT2D eigenvalue weighted by Crippen LogP contribution is -2.48. The zero-order valence-corrected chi connectivity index (χ0v) is 23.9. The van der Waals surface area contributed by atoms with Crippen LogP contribution in [0.3, 0.4) is 0 Å². The normalized spacial score (nSPS) is 15.5. The molecule has 1 saturated heterocycles. The summed E-state index contributed by atoms with van der Waals surface area (Å²) in [5.74, 6) is -2.95. The number of ether oxygens (including phenoxy) is 1. The van der Waals surface area contributed by atoms with Gasteiger partial charge in [0.1, 0.15) is 12.1 Å². The quantitative estimate of drug-likeness (QED) is 0.261. The van der Waals surface area contributed by atoms with Crippen LogP contribution in [0.2, 0.25) is 5.02 Å². The molecule has 3 aromatic heterocycles. The molecule has 0 saturated carbocycles. The molecule has 1 aliphatic rings. The van der Waals surface area contributed by atoms with Crippen LogP contribution in [0.15, 0.2) is 47.4 Å². The summed E-state index contributed by atoms with van der Waals surface area (Å²) in [6.45, 7) is 0.702. The van der Waals surface area contributed by atoms with Gasteiger partial charge < -0.3 is 15.2 Å². The first-order valence-electron chi connectivity index (χ1n) is 13.1. The van der Waals surface area contributed by atoms with Gasteiger partial charge in [0.15, 0.2) is 23.6 Å².